The first-order valence-electron chi connectivity index (χ1n) is 6.12. The van der Waals surface area contributed by atoms with Crippen LogP contribution in [0.4, 0.5) is 0 Å². The van der Waals surface area contributed by atoms with Gasteiger partial charge in [0.2, 0.25) is 0 Å². The van der Waals surface area contributed by atoms with E-state index in [1.165, 1.54) is 0 Å². The highest BCUT2D eigenvalue weighted by Crippen LogP contribution is 2.25. The maximum Gasteiger partial charge on any atom is 0.309 e. The molecule has 0 atom stereocenters. The highest BCUT2D eigenvalue weighted by atomic mass is 79.9. The van der Waals surface area contributed by atoms with Gasteiger partial charge in [-0.1, -0.05) is 27.5 Å². The number of benzene rings is 1. The van der Waals surface area contributed by atoms with Gasteiger partial charge in [0.15, 0.2) is 0 Å². The molecule has 1 aromatic carbocycles. The molecule has 106 valence electrons. The lowest BCUT2D eigenvalue weighted by atomic mass is 9.90. The first kappa shape index (κ1) is 16.5. The van der Waals surface area contributed by atoms with Crippen molar-refractivity contribution < 1.29 is 9.90 Å². The van der Waals surface area contributed by atoms with Crippen LogP contribution in [-0.4, -0.2) is 17.6 Å². The Bertz CT molecular complexity index is 475. The monoisotopic (exact) mass is 347 g/mol. The van der Waals surface area contributed by atoms with Crippen molar-refractivity contribution in [1.82, 2.24) is 5.32 Å². The molecular weight excluding hydrogens is 330 g/mol. The van der Waals surface area contributed by atoms with Crippen LogP contribution in [0.3, 0.4) is 0 Å². The number of halogens is 2. The van der Waals surface area contributed by atoms with E-state index in [0.717, 1.165) is 20.6 Å². The van der Waals surface area contributed by atoms with Crippen molar-refractivity contribution in [3.63, 3.8) is 0 Å². The van der Waals surface area contributed by atoms with Crippen molar-refractivity contribution in [3.8, 4) is 0 Å². The van der Waals surface area contributed by atoms with Crippen LogP contribution in [0.2, 0.25) is 5.02 Å². The predicted octanol–water partition coefficient (Wildman–Crippen LogP) is 4.00. The van der Waals surface area contributed by atoms with Gasteiger partial charge in [-0.05, 0) is 57.0 Å². The summed E-state index contributed by atoms with van der Waals surface area (Å²) in [5, 5.41) is 13.0. The number of aliphatic carboxylic acids is 1. The minimum absolute atomic E-state index is 0.583. The van der Waals surface area contributed by atoms with Crippen molar-refractivity contribution in [2.24, 2.45) is 5.41 Å². The highest BCUT2D eigenvalue weighted by molar-refractivity contribution is 9.10. The molecule has 0 unspecified atom stereocenters. The van der Waals surface area contributed by atoms with Crippen LogP contribution in [-0.2, 0) is 11.3 Å². The van der Waals surface area contributed by atoms with Crippen LogP contribution >= 0.6 is 27.5 Å². The summed E-state index contributed by atoms with van der Waals surface area (Å²) in [7, 11) is 0. The van der Waals surface area contributed by atoms with Gasteiger partial charge in [-0.3, -0.25) is 4.79 Å². The van der Waals surface area contributed by atoms with E-state index in [-0.39, 0.29) is 0 Å². The maximum absolute atomic E-state index is 11.0. The van der Waals surface area contributed by atoms with Gasteiger partial charge in [-0.25, -0.2) is 0 Å². The fourth-order valence-electron chi connectivity index (χ4n) is 1.55. The van der Waals surface area contributed by atoms with E-state index < -0.39 is 11.4 Å². The van der Waals surface area contributed by atoms with E-state index in [0.29, 0.717) is 19.5 Å². The average molecular weight is 349 g/mol. The first-order chi connectivity index (χ1) is 8.74. The largest absolute Gasteiger partial charge is 0.481 e. The Balaban J connectivity index is 2.51. The van der Waals surface area contributed by atoms with Gasteiger partial charge >= 0.3 is 5.97 Å². The Morgan fingerprint density at radius 3 is 2.68 bits per heavy atom. The number of carbonyl (C=O) groups is 1. The Morgan fingerprint density at radius 1 is 1.47 bits per heavy atom. The van der Waals surface area contributed by atoms with Crippen LogP contribution in [0.15, 0.2) is 16.6 Å². The van der Waals surface area contributed by atoms with Crippen LogP contribution in [0, 0.1) is 12.3 Å². The van der Waals surface area contributed by atoms with E-state index in [4.69, 9.17) is 16.7 Å². The molecule has 0 aliphatic carbocycles. The summed E-state index contributed by atoms with van der Waals surface area (Å²) < 4.78 is 1.01. The fraction of sp³-hybridized carbons (Fsp3) is 0.500. The second-order valence-corrected chi connectivity index (χ2v) is 6.57. The minimum Gasteiger partial charge on any atom is -0.481 e. The molecule has 0 saturated carbocycles. The summed E-state index contributed by atoms with van der Waals surface area (Å²) in [6.07, 6.45) is 0.583. The molecule has 0 amide bonds. The number of nitrogens with one attached hydrogen (secondary N) is 1. The summed E-state index contributed by atoms with van der Waals surface area (Å²) in [5.74, 6) is -0.770. The lowest BCUT2D eigenvalue weighted by molar-refractivity contribution is -0.147. The van der Waals surface area contributed by atoms with Crippen LogP contribution in [0.25, 0.3) is 0 Å². The summed E-state index contributed by atoms with van der Waals surface area (Å²) in [4.78, 5) is 11.0. The normalized spacial score (nSPS) is 11.6. The zero-order valence-corrected chi connectivity index (χ0v) is 13.7. The Kier molecular flexibility index (Phi) is 5.83. The van der Waals surface area contributed by atoms with Gasteiger partial charge in [0.25, 0.3) is 0 Å². The molecule has 0 saturated heterocycles. The average Bonchev–Trinajstić information content (AvgIpc) is 2.30. The topological polar surface area (TPSA) is 49.3 Å². The van der Waals surface area contributed by atoms with Gasteiger partial charge in [-0.15, -0.1) is 0 Å². The number of carboxylic acids is 1. The molecule has 3 nitrogen and oxygen atoms in total. The number of carboxylic acid groups (broad SMARTS) is 1. The zero-order chi connectivity index (χ0) is 14.6. The second-order valence-electron chi connectivity index (χ2n) is 5.31. The van der Waals surface area contributed by atoms with E-state index in [9.17, 15) is 4.79 Å². The lowest BCUT2D eigenvalue weighted by Crippen LogP contribution is -2.28. The summed E-state index contributed by atoms with van der Waals surface area (Å²) in [6, 6.07) is 3.91. The standard InChI is InChI=1S/C14H19BrClNO2/c1-9-6-11(15)10(7-12(9)16)8-17-5-4-14(2,3)13(18)19/h6-7,17H,4-5,8H2,1-3H3,(H,18,19). The first-order valence-corrected chi connectivity index (χ1v) is 7.30. The minimum atomic E-state index is -0.770. The Morgan fingerprint density at radius 2 is 2.11 bits per heavy atom. The number of hydrogen-bond acceptors (Lipinski definition) is 2. The molecule has 0 aliphatic rings. The van der Waals surface area contributed by atoms with Gasteiger partial charge in [-0.2, -0.15) is 0 Å². The lowest BCUT2D eigenvalue weighted by Gasteiger charge is -2.19. The van der Waals surface area contributed by atoms with E-state index in [1.807, 2.05) is 19.1 Å². The third kappa shape index (κ3) is 4.79. The molecule has 5 heteroatoms. The highest BCUT2D eigenvalue weighted by Gasteiger charge is 2.26. The molecule has 0 bridgehead atoms. The van der Waals surface area contributed by atoms with E-state index >= 15 is 0 Å². The Labute approximate surface area is 127 Å². The van der Waals surface area contributed by atoms with Crippen LogP contribution < -0.4 is 5.32 Å². The van der Waals surface area contributed by atoms with Crippen molar-refractivity contribution in [2.45, 2.75) is 33.7 Å². The smallest absolute Gasteiger partial charge is 0.309 e. The predicted molar refractivity (Wildman–Crippen MR) is 81.6 cm³/mol. The molecule has 0 aliphatic heterocycles. The quantitative estimate of drug-likeness (QED) is 0.764. The molecule has 1 aromatic rings. The third-order valence-corrected chi connectivity index (χ3v) is 4.29. The van der Waals surface area contributed by atoms with Crippen molar-refractivity contribution in [1.29, 1.82) is 0 Å². The Hall–Kier alpha value is -0.580. The number of hydrogen-bond donors (Lipinski definition) is 2. The molecular formula is C14H19BrClNO2. The molecule has 0 fully saturated rings. The van der Waals surface area contributed by atoms with Crippen LogP contribution in [0.1, 0.15) is 31.4 Å². The van der Waals surface area contributed by atoms with E-state index in [2.05, 4.69) is 21.2 Å². The van der Waals surface area contributed by atoms with Gasteiger partial charge < -0.3 is 10.4 Å². The van der Waals surface area contributed by atoms with Gasteiger partial charge in [0.1, 0.15) is 0 Å². The van der Waals surface area contributed by atoms with Gasteiger partial charge in [0.05, 0.1) is 5.41 Å². The van der Waals surface area contributed by atoms with Crippen LogP contribution in [0.5, 0.6) is 0 Å². The van der Waals surface area contributed by atoms with Crippen molar-refractivity contribution in [2.75, 3.05) is 6.54 Å². The SMILES string of the molecule is Cc1cc(Br)c(CNCCC(C)(C)C(=O)O)cc1Cl. The molecule has 2 N–H and O–H groups in total. The summed E-state index contributed by atoms with van der Waals surface area (Å²) >= 11 is 9.59. The fourth-order valence-corrected chi connectivity index (χ4v) is 2.34. The molecule has 19 heavy (non-hydrogen) atoms. The van der Waals surface area contributed by atoms with E-state index in [1.54, 1.807) is 13.8 Å². The van der Waals surface area contributed by atoms with Gasteiger partial charge in [0, 0.05) is 16.0 Å². The molecule has 0 heterocycles. The van der Waals surface area contributed by atoms with Crippen molar-refractivity contribution >= 4 is 33.5 Å². The number of aryl methyl sites for hydroxylation is 1. The molecule has 1 rings (SSSR count). The summed E-state index contributed by atoms with van der Waals surface area (Å²) in [5.41, 5.74) is 1.41. The molecule has 0 spiro atoms. The zero-order valence-electron chi connectivity index (χ0n) is 11.4. The second kappa shape index (κ2) is 6.73. The summed E-state index contributed by atoms with van der Waals surface area (Å²) in [6.45, 7) is 6.73. The van der Waals surface area contributed by atoms with Crippen molar-refractivity contribution in [3.05, 3.63) is 32.8 Å². The molecule has 0 aromatic heterocycles. The molecule has 0 radical (unpaired) electrons. The number of rotatable bonds is 6. The maximum atomic E-state index is 11.0. The third-order valence-electron chi connectivity index (χ3n) is 3.15.